The molecule has 56 valence electrons. The van der Waals surface area contributed by atoms with E-state index < -0.39 is 12.7 Å². The van der Waals surface area contributed by atoms with Gasteiger partial charge >= 0.3 is 6.98 Å². The minimum absolute atomic E-state index is 0.847. The first-order chi connectivity index (χ1) is 4.52. The molecule has 0 saturated carbocycles. The zero-order valence-electron chi connectivity index (χ0n) is 5.13. The van der Waals surface area contributed by atoms with Crippen LogP contribution in [-0.2, 0) is 7.05 Å². The molecule has 0 aliphatic heterocycles. The molecule has 0 spiro atoms. The second-order valence-electron chi connectivity index (χ2n) is 1.87. The van der Waals surface area contributed by atoms with Gasteiger partial charge in [-0.3, -0.25) is 0 Å². The number of aromatic nitrogens is 3. The summed E-state index contributed by atoms with van der Waals surface area (Å²) in [5.41, 5.74) is -0.917. The maximum absolute atomic E-state index is 11.8. The Morgan fingerprint density at radius 2 is 2.10 bits per heavy atom. The smallest absolute Gasteiger partial charge is 0.443 e. The van der Waals surface area contributed by atoms with Crippen molar-refractivity contribution in [3.05, 3.63) is 6.33 Å². The van der Waals surface area contributed by atoms with E-state index in [2.05, 4.69) is 10.2 Å². The number of hydrogen-bond acceptors (Lipinski definition) is 2. The first kappa shape index (κ1) is 7.11. The second kappa shape index (κ2) is 2.00. The van der Waals surface area contributed by atoms with Crippen molar-refractivity contribution in [1.29, 1.82) is 0 Å². The fourth-order valence-corrected chi connectivity index (χ4v) is 0.588. The molecule has 1 rings (SSSR count). The minimum Gasteiger partial charge on any atom is -0.443 e. The molecule has 0 N–H and O–H groups in total. The molecule has 0 aromatic carbocycles. The summed E-state index contributed by atoms with van der Waals surface area (Å²) in [6, 6.07) is 0. The molecule has 1 aromatic rings. The molecular formula is C3H4BF3N3-. The number of nitrogens with zero attached hydrogens (tertiary/aromatic N) is 3. The highest BCUT2D eigenvalue weighted by Crippen LogP contribution is 2.05. The highest BCUT2D eigenvalue weighted by atomic mass is 19.4. The van der Waals surface area contributed by atoms with Gasteiger partial charge in [-0.1, -0.05) is 0 Å². The molecule has 0 radical (unpaired) electrons. The average molecular weight is 150 g/mol. The average Bonchev–Trinajstić information content (AvgIpc) is 2.11. The Bertz CT molecular complexity index is 229. The van der Waals surface area contributed by atoms with E-state index in [1.54, 1.807) is 0 Å². The maximum Gasteiger partial charge on any atom is 0.546 e. The third kappa shape index (κ3) is 1.12. The van der Waals surface area contributed by atoms with Gasteiger partial charge in [-0.15, -0.1) is 5.10 Å². The van der Waals surface area contributed by atoms with Crippen molar-refractivity contribution < 1.29 is 12.9 Å². The van der Waals surface area contributed by atoms with E-state index >= 15 is 0 Å². The Hall–Kier alpha value is -1.01. The zero-order valence-corrected chi connectivity index (χ0v) is 5.13. The highest BCUT2D eigenvalue weighted by Gasteiger charge is 2.30. The quantitative estimate of drug-likeness (QED) is 0.522. The number of aryl methyl sites for hydroxylation is 1. The van der Waals surface area contributed by atoms with E-state index in [0.29, 0.717) is 0 Å². The van der Waals surface area contributed by atoms with E-state index in [-0.39, 0.29) is 0 Å². The molecule has 0 unspecified atom stereocenters. The Morgan fingerprint density at radius 3 is 2.30 bits per heavy atom. The van der Waals surface area contributed by atoms with Crippen molar-refractivity contribution in [2.24, 2.45) is 7.05 Å². The predicted octanol–water partition coefficient (Wildman–Crippen LogP) is -0.131. The Labute approximate surface area is 54.9 Å². The summed E-state index contributed by atoms with van der Waals surface area (Å²) in [6.07, 6.45) is 1.02. The lowest BCUT2D eigenvalue weighted by atomic mass is 9.91. The van der Waals surface area contributed by atoms with Gasteiger partial charge < -0.3 is 17.5 Å². The third-order valence-corrected chi connectivity index (χ3v) is 1.04. The molecule has 0 fully saturated rings. The number of rotatable bonds is 1. The molecule has 10 heavy (non-hydrogen) atoms. The van der Waals surface area contributed by atoms with Crippen molar-refractivity contribution in [3.8, 4) is 0 Å². The van der Waals surface area contributed by atoms with Crippen molar-refractivity contribution in [2.75, 3.05) is 0 Å². The summed E-state index contributed by atoms with van der Waals surface area (Å²) in [5, 5.41) is 6.00. The molecule has 7 heteroatoms. The zero-order chi connectivity index (χ0) is 7.78. The summed E-state index contributed by atoms with van der Waals surface area (Å²) >= 11 is 0. The van der Waals surface area contributed by atoms with Gasteiger partial charge in [-0.2, -0.15) is 5.10 Å². The molecule has 0 aliphatic carbocycles. The van der Waals surface area contributed by atoms with Crippen LogP contribution in [0.4, 0.5) is 12.9 Å². The Kier molecular flexibility index (Phi) is 1.42. The molecule has 0 aliphatic rings. The van der Waals surface area contributed by atoms with E-state index in [1.165, 1.54) is 7.05 Å². The topological polar surface area (TPSA) is 30.7 Å². The normalized spacial score (nSPS) is 12.0. The van der Waals surface area contributed by atoms with Gasteiger partial charge in [0.1, 0.15) is 6.33 Å². The van der Waals surface area contributed by atoms with Crippen LogP contribution in [0.3, 0.4) is 0 Å². The second-order valence-corrected chi connectivity index (χ2v) is 1.87. The third-order valence-electron chi connectivity index (χ3n) is 1.04. The SMILES string of the molecule is Cn1cnnc1[B-](F)(F)F. The number of hydrogen-bond donors (Lipinski definition) is 0. The van der Waals surface area contributed by atoms with E-state index in [1.807, 2.05) is 0 Å². The van der Waals surface area contributed by atoms with Gasteiger partial charge in [0, 0.05) is 7.05 Å². The van der Waals surface area contributed by atoms with Crippen molar-refractivity contribution >= 4 is 12.7 Å². The van der Waals surface area contributed by atoms with Crippen LogP contribution in [0.5, 0.6) is 0 Å². The molecule has 0 saturated heterocycles. The van der Waals surface area contributed by atoms with E-state index in [9.17, 15) is 12.9 Å². The molecule has 3 nitrogen and oxygen atoms in total. The van der Waals surface area contributed by atoms with E-state index in [4.69, 9.17) is 0 Å². The van der Waals surface area contributed by atoms with Crippen LogP contribution in [0.25, 0.3) is 0 Å². The number of halogens is 3. The van der Waals surface area contributed by atoms with Gasteiger partial charge in [0.05, 0.1) is 5.72 Å². The summed E-state index contributed by atoms with van der Waals surface area (Å²) in [4.78, 5) is 0. The molecule has 1 aromatic heterocycles. The van der Waals surface area contributed by atoms with Gasteiger partial charge in [0.25, 0.3) is 0 Å². The van der Waals surface area contributed by atoms with Crippen LogP contribution < -0.4 is 5.72 Å². The first-order valence-corrected chi connectivity index (χ1v) is 2.55. The van der Waals surface area contributed by atoms with Crippen molar-refractivity contribution in [2.45, 2.75) is 0 Å². The molecule has 0 atom stereocenters. The summed E-state index contributed by atoms with van der Waals surface area (Å²) in [6.45, 7) is -5.00. The Morgan fingerprint density at radius 1 is 1.50 bits per heavy atom. The standard InChI is InChI=1S/C3H4BF3N3/c1-10-2-8-9-3(10)4(5,6)7/h2H,1H3/q-1. The highest BCUT2D eigenvalue weighted by molar-refractivity contribution is 6.72. The van der Waals surface area contributed by atoms with Crippen LogP contribution in [0.15, 0.2) is 6.33 Å². The largest absolute Gasteiger partial charge is 0.546 e. The Balaban J connectivity index is 3.05. The summed E-state index contributed by atoms with van der Waals surface area (Å²) < 4.78 is 36.3. The molecular weight excluding hydrogens is 146 g/mol. The van der Waals surface area contributed by atoms with Gasteiger partial charge in [-0.25, -0.2) is 0 Å². The van der Waals surface area contributed by atoms with Gasteiger partial charge in [0.15, 0.2) is 0 Å². The monoisotopic (exact) mass is 150 g/mol. The van der Waals surface area contributed by atoms with Crippen LogP contribution in [-0.4, -0.2) is 21.7 Å². The lowest BCUT2D eigenvalue weighted by Gasteiger charge is -2.11. The lowest BCUT2D eigenvalue weighted by molar-refractivity contribution is 0.492. The maximum atomic E-state index is 11.8. The van der Waals surface area contributed by atoms with Crippen LogP contribution in [0.2, 0.25) is 0 Å². The first-order valence-electron chi connectivity index (χ1n) is 2.55. The lowest BCUT2D eigenvalue weighted by Crippen LogP contribution is -2.40. The van der Waals surface area contributed by atoms with Crippen LogP contribution in [0, 0.1) is 0 Å². The van der Waals surface area contributed by atoms with Crippen LogP contribution in [0.1, 0.15) is 0 Å². The predicted molar refractivity (Wildman–Crippen MR) is 29.7 cm³/mol. The molecule has 0 amide bonds. The summed E-state index contributed by atoms with van der Waals surface area (Å²) in [7, 11) is 1.25. The van der Waals surface area contributed by atoms with Crippen LogP contribution >= 0.6 is 0 Å². The summed E-state index contributed by atoms with van der Waals surface area (Å²) in [5.74, 6) is 0. The van der Waals surface area contributed by atoms with Crippen molar-refractivity contribution in [1.82, 2.24) is 14.8 Å². The van der Waals surface area contributed by atoms with Crippen molar-refractivity contribution in [3.63, 3.8) is 0 Å². The fraction of sp³-hybridized carbons (Fsp3) is 0.333. The fourth-order valence-electron chi connectivity index (χ4n) is 0.588. The minimum atomic E-state index is -5.00. The van der Waals surface area contributed by atoms with Gasteiger partial charge in [0.2, 0.25) is 0 Å². The molecule has 1 heterocycles. The van der Waals surface area contributed by atoms with E-state index in [0.717, 1.165) is 10.9 Å². The van der Waals surface area contributed by atoms with Gasteiger partial charge in [-0.05, 0) is 0 Å². The molecule has 0 bridgehead atoms.